The molecule has 0 aliphatic rings. The van der Waals surface area contributed by atoms with Gasteiger partial charge in [-0.25, -0.2) is 4.79 Å². The van der Waals surface area contributed by atoms with Crippen molar-refractivity contribution in [1.82, 2.24) is 0 Å². The van der Waals surface area contributed by atoms with Gasteiger partial charge in [0.15, 0.2) is 6.10 Å². The molecular weight excluding hydrogens is 342 g/mol. The largest absolute Gasteiger partial charge is 0.490 e. The molecule has 2 aromatic rings. The van der Waals surface area contributed by atoms with Crippen molar-refractivity contribution >= 4 is 23.6 Å². The van der Waals surface area contributed by atoms with Crippen LogP contribution in [0.3, 0.4) is 0 Å². The number of nitrogens with zero attached hydrogens (tertiary/aromatic N) is 1. The predicted octanol–water partition coefficient (Wildman–Crippen LogP) is 3.86. The maximum absolute atomic E-state index is 12.4. The standard InChI is InChI=1S/C22H23NO4/c1-4-16-26-20-13-10-18(11-14-20)12-15-21(24)27-17(2)22(25)23(3)19-8-6-5-7-9-19/h4-15,17H,1,16H2,2-3H3/b15-12+. The first-order valence-electron chi connectivity index (χ1n) is 8.56. The molecule has 5 heteroatoms. The Hall–Kier alpha value is -3.34. The van der Waals surface area contributed by atoms with Crippen LogP contribution in [0.2, 0.25) is 0 Å². The minimum atomic E-state index is -0.887. The Labute approximate surface area is 159 Å². The minimum absolute atomic E-state index is 0.299. The number of hydrogen-bond donors (Lipinski definition) is 0. The zero-order valence-corrected chi connectivity index (χ0v) is 15.5. The average Bonchev–Trinajstić information content (AvgIpc) is 2.71. The van der Waals surface area contributed by atoms with Crippen LogP contribution >= 0.6 is 0 Å². The Kier molecular flexibility index (Phi) is 7.37. The van der Waals surface area contributed by atoms with Crippen molar-refractivity contribution in [2.75, 3.05) is 18.6 Å². The van der Waals surface area contributed by atoms with Crippen LogP contribution in [0, 0.1) is 0 Å². The van der Waals surface area contributed by atoms with E-state index in [1.54, 1.807) is 38.3 Å². The Morgan fingerprint density at radius 1 is 1.11 bits per heavy atom. The molecule has 0 heterocycles. The van der Waals surface area contributed by atoms with Gasteiger partial charge in [0.2, 0.25) is 0 Å². The number of carbonyl (C=O) groups excluding carboxylic acids is 2. The van der Waals surface area contributed by atoms with Crippen LogP contribution in [-0.4, -0.2) is 31.6 Å². The third-order valence-corrected chi connectivity index (χ3v) is 3.77. The lowest BCUT2D eigenvalue weighted by molar-refractivity contribution is -0.148. The van der Waals surface area contributed by atoms with Crippen LogP contribution in [0.5, 0.6) is 5.75 Å². The van der Waals surface area contributed by atoms with Crippen LogP contribution in [0.4, 0.5) is 5.69 Å². The SMILES string of the molecule is C=CCOc1ccc(/C=C/C(=O)OC(C)C(=O)N(C)c2ccccc2)cc1. The number of amides is 1. The number of para-hydroxylation sites is 1. The lowest BCUT2D eigenvalue weighted by atomic mass is 10.2. The van der Waals surface area contributed by atoms with Crippen molar-refractivity contribution in [2.24, 2.45) is 0 Å². The maximum atomic E-state index is 12.4. The van der Waals surface area contributed by atoms with Crippen molar-refractivity contribution in [1.29, 1.82) is 0 Å². The smallest absolute Gasteiger partial charge is 0.331 e. The zero-order valence-electron chi connectivity index (χ0n) is 15.5. The summed E-state index contributed by atoms with van der Waals surface area (Å²) in [5, 5.41) is 0. The van der Waals surface area contributed by atoms with Crippen LogP contribution in [0.25, 0.3) is 6.08 Å². The lowest BCUT2D eigenvalue weighted by Crippen LogP contribution is -2.37. The zero-order chi connectivity index (χ0) is 19.6. The summed E-state index contributed by atoms with van der Waals surface area (Å²) in [4.78, 5) is 25.8. The van der Waals surface area contributed by atoms with Gasteiger partial charge in [-0.05, 0) is 42.8 Å². The fraction of sp³-hybridized carbons (Fsp3) is 0.182. The minimum Gasteiger partial charge on any atom is -0.490 e. The molecule has 0 aliphatic carbocycles. The van der Waals surface area contributed by atoms with Gasteiger partial charge in [0.25, 0.3) is 5.91 Å². The molecular formula is C22H23NO4. The van der Waals surface area contributed by atoms with E-state index in [2.05, 4.69) is 6.58 Å². The molecule has 2 rings (SSSR count). The molecule has 140 valence electrons. The molecule has 1 unspecified atom stereocenters. The van der Waals surface area contributed by atoms with E-state index in [0.29, 0.717) is 6.61 Å². The van der Waals surface area contributed by atoms with E-state index in [9.17, 15) is 9.59 Å². The summed E-state index contributed by atoms with van der Waals surface area (Å²) in [5.41, 5.74) is 1.55. The summed E-state index contributed by atoms with van der Waals surface area (Å²) in [6.07, 6.45) is 3.70. The Balaban J connectivity index is 1.89. The number of likely N-dealkylation sites (N-methyl/N-ethyl adjacent to an activating group) is 1. The first-order valence-corrected chi connectivity index (χ1v) is 8.56. The monoisotopic (exact) mass is 365 g/mol. The third kappa shape index (κ3) is 6.15. The van der Waals surface area contributed by atoms with Gasteiger partial charge in [0.05, 0.1) is 0 Å². The molecule has 0 saturated carbocycles. The number of rotatable bonds is 8. The van der Waals surface area contributed by atoms with E-state index < -0.39 is 12.1 Å². The second-order valence-electron chi connectivity index (χ2n) is 5.81. The highest BCUT2D eigenvalue weighted by atomic mass is 16.5. The molecule has 0 spiro atoms. The quantitative estimate of drug-likeness (QED) is 0.405. The first-order chi connectivity index (χ1) is 13.0. The Bertz CT molecular complexity index is 797. The summed E-state index contributed by atoms with van der Waals surface area (Å²) in [5.74, 6) is -0.159. The van der Waals surface area contributed by atoms with E-state index in [4.69, 9.17) is 9.47 Å². The van der Waals surface area contributed by atoms with Crippen molar-refractivity contribution in [3.63, 3.8) is 0 Å². The number of esters is 1. The number of benzene rings is 2. The van der Waals surface area contributed by atoms with Gasteiger partial charge < -0.3 is 14.4 Å². The summed E-state index contributed by atoms with van der Waals surface area (Å²) < 4.78 is 10.6. The van der Waals surface area contributed by atoms with Gasteiger partial charge in [-0.3, -0.25) is 4.79 Å². The van der Waals surface area contributed by atoms with Crippen molar-refractivity contribution in [2.45, 2.75) is 13.0 Å². The molecule has 0 radical (unpaired) electrons. The summed E-state index contributed by atoms with van der Waals surface area (Å²) in [6, 6.07) is 16.4. The summed E-state index contributed by atoms with van der Waals surface area (Å²) in [7, 11) is 1.65. The normalized spacial score (nSPS) is 11.6. The molecule has 0 saturated heterocycles. The summed E-state index contributed by atoms with van der Waals surface area (Å²) >= 11 is 0. The topological polar surface area (TPSA) is 55.8 Å². The maximum Gasteiger partial charge on any atom is 0.331 e. The number of ether oxygens (including phenoxy) is 2. The van der Waals surface area contributed by atoms with Gasteiger partial charge in [0, 0.05) is 18.8 Å². The van der Waals surface area contributed by atoms with E-state index in [0.717, 1.165) is 17.0 Å². The predicted molar refractivity (Wildman–Crippen MR) is 107 cm³/mol. The lowest BCUT2D eigenvalue weighted by Gasteiger charge is -2.21. The molecule has 0 fully saturated rings. The molecule has 2 aromatic carbocycles. The molecule has 1 atom stereocenters. The molecule has 27 heavy (non-hydrogen) atoms. The summed E-state index contributed by atoms with van der Waals surface area (Å²) in [6.45, 7) is 5.58. The van der Waals surface area contributed by atoms with Gasteiger partial charge in [-0.2, -0.15) is 0 Å². The van der Waals surface area contributed by atoms with Crippen LogP contribution < -0.4 is 9.64 Å². The second kappa shape index (κ2) is 9.97. The first kappa shape index (κ1) is 20.0. The molecule has 0 aromatic heterocycles. The number of carbonyl (C=O) groups is 2. The van der Waals surface area contributed by atoms with Crippen molar-refractivity contribution < 1.29 is 19.1 Å². The van der Waals surface area contributed by atoms with Crippen LogP contribution in [0.1, 0.15) is 12.5 Å². The van der Waals surface area contributed by atoms with Gasteiger partial charge in [-0.1, -0.05) is 43.0 Å². The van der Waals surface area contributed by atoms with Gasteiger partial charge >= 0.3 is 5.97 Å². The number of anilines is 1. The highest BCUT2D eigenvalue weighted by molar-refractivity contribution is 5.98. The fourth-order valence-corrected chi connectivity index (χ4v) is 2.31. The third-order valence-electron chi connectivity index (χ3n) is 3.77. The highest BCUT2D eigenvalue weighted by Gasteiger charge is 2.21. The van der Waals surface area contributed by atoms with E-state index in [1.807, 2.05) is 42.5 Å². The Morgan fingerprint density at radius 3 is 2.41 bits per heavy atom. The molecule has 0 aliphatic heterocycles. The molecule has 1 amide bonds. The van der Waals surface area contributed by atoms with Crippen molar-refractivity contribution in [3.05, 3.63) is 78.9 Å². The van der Waals surface area contributed by atoms with Gasteiger partial charge in [-0.15, -0.1) is 0 Å². The van der Waals surface area contributed by atoms with Crippen molar-refractivity contribution in [3.8, 4) is 5.75 Å². The van der Waals surface area contributed by atoms with E-state index in [1.165, 1.54) is 11.0 Å². The van der Waals surface area contributed by atoms with Crippen LogP contribution in [-0.2, 0) is 14.3 Å². The average molecular weight is 365 g/mol. The highest BCUT2D eigenvalue weighted by Crippen LogP contribution is 2.15. The van der Waals surface area contributed by atoms with Gasteiger partial charge in [0.1, 0.15) is 12.4 Å². The molecule has 5 nitrogen and oxygen atoms in total. The molecule has 0 N–H and O–H groups in total. The molecule has 0 bridgehead atoms. The number of hydrogen-bond acceptors (Lipinski definition) is 4. The van der Waals surface area contributed by atoms with E-state index >= 15 is 0 Å². The van der Waals surface area contributed by atoms with E-state index in [-0.39, 0.29) is 5.91 Å². The fourth-order valence-electron chi connectivity index (χ4n) is 2.31. The van der Waals surface area contributed by atoms with Crippen LogP contribution in [0.15, 0.2) is 73.3 Å². The Morgan fingerprint density at radius 2 is 1.78 bits per heavy atom. The second-order valence-corrected chi connectivity index (χ2v) is 5.81.